The first-order chi connectivity index (χ1) is 6.07. The third-order valence-corrected chi connectivity index (χ3v) is 2.43. The fourth-order valence-electron chi connectivity index (χ4n) is 1.45. The second-order valence-electron chi connectivity index (χ2n) is 3.86. The summed E-state index contributed by atoms with van der Waals surface area (Å²) < 4.78 is 19.1. The van der Waals surface area contributed by atoms with Crippen LogP contribution in [0.3, 0.4) is 0 Å². The summed E-state index contributed by atoms with van der Waals surface area (Å²) in [4.78, 5) is 2.08. The molecule has 0 spiro atoms. The fraction of sp³-hybridized carbons (Fsp3) is 0.800. The molecule has 0 aliphatic carbocycles. The first-order valence-electron chi connectivity index (χ1n) is 4.72. The zero-order valence-corrected chi connectivity index (χ0v) is 8.42. The smallest absolute Gasteiger partial charge is 0.164 e. The van der Waals surface area contributed by atoms with Gasteiger partial charge in [-0.05, 0) is 13.8 Å². The maximum atomic E-state index is 13.9. The highest BCUT2D eigenvalue weighted by atomic mass is 19.1. The predicted octanol–water partition coefficient (Wildman–Crippen LogP) is 1.62. The lowest BCUT2D eigenvalue weighted by atomic mass is 10.1. The van der Waals surface area contributed by atoms with Crippen LogP contribution in [0.25, 0.3) is 0 Å². The van der Waals surface area contributed by atoms with E-state index < -0.39 is 5.67 Å². The molecular formula is C10H18FNO. The van der Waals surface area contributed by atoms with E-state index in [-0.39, 0.29) is 6.61 Å². The van der Waals surface area contributed by atoms with Crippen LogP contribution in [0.2, 0.25) is 0 Å². The summed E-state index contributed by atoms with van der Waals surface area (Å²) in [6, 6.07) is 0.358. The van der Waals surface area contributed by atoms with Crippen molar-refractivity contribution in [2.45, 2.75) is 25.6 Å². The van der Waals surface area contributed by atoms with Crippen LogP contribution < -0.4 is 0 Å². The van der Waals surface area contributed by atoms with Gasteiger partial charge in [-0.25, -0.2) is 4.39 Å². The fourth-order valence-corrected chi connectivity index (χ4v) is 1.45. The third kappa shape index (κ3) is 2.78. The Labute approximate surface area is 79.4 Å². The van der Waals surface area contributed by atoms with E-state index in [1.807, 2.05) is 0 Å². The molecule has 0 aromatic rings. The maximum absolute atomic E-state index is 13.9. The average molecular weight is 187 g/mol. The molecule has 1 saturated heterocycles. The average Bonchev–Trinajstić information content (AvgIpc) is 2.28. The van der Waals surface area contributed by atoms with E-state index in [1.165, 1.54) is 6.08 Å². The largest absolute Gasteiger partial charge is 0.376 e. The van der Waals surface area contributed by atoms with Crippen LogP contribution in [0.1, 0.15) is 13.8 Å². The van der Waals surface area contributed by atoms with Crippen molar-refractivity contribution in [1.82, 2.24) is 4.90 Å². The molecule has 0 N–H and O–H groups in total. The van der Waals surface area contributed by atoms with Gasteiger partial charge in [-0.15, -0.1) is 0 Å². The second-order valence-corrected chi connectivity index (χ2v) is 3.86. The van der Waals surface area contributed by atoms with Crippen molar-refractivity contribution in [3.63, 3.8) is 0 Å². The Morgan fingerprint density at radius 1 is 1.62 bits per heavy atom. The Balaban J connectivity index is 2.64. The quantitative estimate of drug-likeness (QED) is 0.609. The molecule has 1 aliphatic heterocycles. The highest BCUT2D eigenvalue weighted by molar-refractivity contribution is 5.00. The third-order valence-electron chi connectivity index (χ3n) is 2.43. The van der Waals surface area contributed by atoms with Crippen molar-refractivity contribution in [3.8, 4) is 0 Å². The minimum Gasteiger partial charge on any atom is -0.376 e. The van der Waals surface area contributed by atoms with Gasteiger partial charge in [0.15, 0.2) is 5.67 Å². The van der Waals surface area contributed by atoms with Gasteiger partial charge in [-0.1, -0.05) is 12.7 Å². The van der Waals surface area contributed by atoms with Crippen molar-refractivity contribution in [1.29, 1.82) is 0 Å². The van der Waals surface area contributed by atoms with Gasteiger partial charge in [-0.2, -0.15) is 0 Å². The molecule has 76 valence electrons. The molecule has 0 radical (unpaired) electrons. The monoisotopic (exact) mass is 187 g/mol. The number of rotatable bonds is 2. The summed E-state index contributed by atoms with van der Waals surface area (Å²) in [6.45, 7) is 9.59. The molecule has 0 aromatic carbocycles. The lowest BCUT2D eigenvalue weighted by Crippen LogP contribution is -2.42. The van der Waals surface area contributed by atoms with Gasteiger partial charge in [0.2, 0.25) is 0 Å². The van der Waals surface area contributed by atoms with E-state index in [0.29, 0.717) is 19.2 Å². The second kappa shape index (κ2) is 4.20. The van der Waals surface area contributed by atoms with E-state index in [2.05, 4.69) is 25.3 Å². The zero-order valence-electron chi connectivity index (χ0n) is 8.42. The first-order valence-corrected chi connectivity index (χ1v) is 4.72. The summed E-state index contributed by atoms with van der Waals surface area (Å²) >= 11 is 0. The SMILES string of the molecule is C=CC1(F)COCCN(C(C)C)C1. The molecule has 0 amide bonds. The number of hydrogen-bond acceptors (Lipinski definition) is 2. The maximum Gasteiger partial charge on any atom is 0.164 e. The molecule has 1 aliphatic rings. The lowest BCUT2D eigenvalue weighted by molar-refractivity contribution is 0.0642. The van der Waals surface area contributed by atoms with Crippen LogP contribution in [0, 0.1) is 0 Å². The number of hydrogen-bond donors (Lipinski definition) is 0. The van der Waals surface area contributed by atoms with E-state index in [4.69, 9.17) is 4.74 Å². The molecule has 1 rings (SSSR count). The van der Waals surface area contributed by atoms with Crippen LogP contribution >= 0.6 is 0 Å². The van der Waals surface area contributed by atoms with Crippen LogP contribution in [0.15, 0.2) is 12.7 Å². The van der Waals surface area contributed by atoms with E-state index in [0.717, 1.165) is 6.54 Å². The summed E-state index contributed by atoms with van der Waals surface area (Å²) in [6.07, 6.45) is 1.35. The van der Waals surface area contributed by atoms with Gasteiger partial charge in [0.1, 0.15) is 0 Å². The molecule has 13 heavy (non-hydrogen) atoms. The molecule has 1 fully saturated rings. The van der Waals surface area contributed by atoms with Crippen LogP contribution in [-0.4, -0.2) is 42.9 Å². The van der Waals surface area contributed by atoms with Crippen LogP contribution in [0.5, 0.6) is 0 Å². The van der Waals surface area contributed by atoms with Gasteiger partial charge in [0, 0.05) is 19.1 Å². The molecule has 1 atom stereocenters. The minimum absolute atomic E-state index is 0.139. The highest BCUT2D eigenvalue weighted by Crippen LogP contribution is 2.19. The molecule has 1 unspecified atom stereocenters. The number of nitrogens with zero attached hydrogens (tertiary/aromatic N) is 1. The number of ether oxygens (including phenoxy) is 1. The number of halogens is 1. The van der Waals surface area contributed by atoms with Gasteiger partial charge >= 0.3 is 0 Å². The van der Waals surface area contributed by atoms with E-state index in [1.54, 1.807) is 0 Å². The Kier molecular flexibility index (Phi) is 3.45. The Morgan fingerprint density at radius 2 is 2.31 bits per heavy atom. The molecule has 2 nitrogen and oxygen atoms in total. The van der Waals surface area contributed by atoms with Crippen LogP contribution in [-0.2, 0) is 4.74 Å². The standard InChI is InChI=1S/C10H18FNO/c1-4-10(11)7-12(9(2)3)5-6-13-8-10/h4,9H,1,5-8H2,2-3H3. The van der Waals surface area contributed by atoms with E-state index in [9.17, 15) is 4.39 Å². The lowest BCUT2D eigenvalue weighted by Gasteiger charge is -2.28. The first kappa shape index (κ1) is 10.7. The van der Waals surface area contributed by atoms with Crippen LogP contribution in [0.4, 0.5) is 4.39 Å². The van der Waals surface area contributed by atoms with Crippen molar-refractivity contribution in [2.75, 3.05) is 26.3 Å². The van der Waals surface area contributed by atoms with Crippen molar-refractivity contribution < 1.29 is 9.13 Å². The molecular weight excluding hydrogens is 169 g/mol. The summed E-state index contributed by atoms with van der Waals surface area (Å²) in [7, 11) is 0. The highest BCUT2D eigenvalue weighted by Gasteiger charge is 2.32. The summed E-state index contributed by atoms with van der Waals surface area (Å²) in [5, 5.41) is 0. The Hall–Kier alpha value is -0.410. The molecule has 0 saturated carbocycles. The summed E-state index contributed by atoms with van der Waals surface area (Å²) in [5.41, 5.74) is -1.37. The Bertz CT molecular complexity index is 184. The zero-order chi connectivity index (χ0) is 9.90. The predicted molar refractivity (Wildman–Crippen MR) is 51.6 cm³/mol. The normalized spacial score (nSPS) is 31.7. The van der Waals surface area contributed by atoms with Crippen molar-refractivity contribution in [3.05, 3.63) is 12.7 Å². The van der Waals surface area contributed by atoms with Crippen molar-refractivity contribution >= 4 is 0 Å². The molecule has 3 heteroatoms. The van der Waals surface area contributed by atoms with E-state index >= 15 is 0 Å². The Morgan fingerprint density at radius 3 is 2.85 bits per heavy atom. The molecule has 1 heterocycles. The molecule has 0 bridgehead atoms. The van der Waals surface area contributed by atoms with Gasteiger partial charge in [0.05, 0.1) is 13.2 Å². The van der Waals surface area contributed by atoms with Gasteiger partial charge in [0.25, 0.3) is 0 Å². The topological polar surface area (TPSA) is 12.5 Å². The molecule has 0 aromatic heterocycles. The number of alkyl halides is 1. The summed E-state index contributed by atoms with van der Waals surface area (Å²) in [5.74, 6) is 0. The minimum atomic E-state index is -1.37. The van der Waals surface area contributed by atoms with Gasteiger partial charge in [-0.3, -0.25) is 4.90 Å². The van der Waals surface area contributed by atoms with Crippen molar-refractivity contribution in [2.24, 2.45) is 0 Å². The van der Waals surface area contributed by atoms with Gasteiger partial charge < -0.3 is 4.74 Å².